The van der Waals surface area contributed by atoms with E-state index in [0.29, 0.717) is 12.5 Å². The van der Waals surface area contributed by atoms with Gasteiger partial charge < -0.3 is 10.5 Å². The van der Waals surface area contributed by atoms with Gasteiger partial charge >= 0.3 is 5.97 Å². The van der Waals surface area contributed by atoms with Gasteiger partial charge in [0.15, 0.2) is 0 Å². The van der Waals surface area contributed by atoms with Gasteiger partial charge in [-0.05, 0) is 45.3 Å². The number of hydrogen-bond acceptors (Lipinski definition) is 4. The van der Waals surface area contributed by atoms with Gasteiger partial charge in [0.05, 0.1) is 13.5 Å². The molecule has 1 aliphatic rings. The fourth-order valence-corrected chi connectivity index (χ4v) is 2.50. The van der Waals surface area contributed by atoms with Crippen molar-refractivity contribution in [3.8, 4) is 0 Å². The van der Waals surface area contributed by atoms with Crippen LogP contribution < -0.4 is 5.73 Å². The molecule has 100 valence electrons. The number of ether oxygens (including phenoxy) is 1. The van der Waals surface area contributed by atoms with Crippen LogP contribution in [-0.2, 0) is 9.53 Å². The van der Waals surface area contributed by atoms with Crippen molar-refractivity contribution in [3.63, 3.8) is 0 Å². The summed E-state index contributed by atoms with van der Waals surface area (Å²) in [6, 6.07) is 0.397. The Morgan fingerprint density at radius 2 is 2.18 bits per heavy atom. The maximum Gasteiger partial charge on any atom is 0.307 e. The summed E-state index contributed by atoms with van der Waals surface area (Å²) in [4.78, 5) is 13.8. The molecule has 1 unspecified atom stereocenters. The molecule has 2 N–H and O–H groups in total. The van der Waals surface area contributed by atoms with Crippen LogP contribution in [0, 0.1) is 0 Å². The number of esters is 1. The Labute approximate surface area is 104 Å². The molecule has 0 amide bonds. The minimum Gasteiger partial charge on any atom is -0.469 e. The highest BCUT2D eigenvalue weighted by Crippen LogP contribution is 2.20. The van der Waals surface area contributed by atoms with Crippen LogP contribution in [0.2, 0.25) is 0 Å². The SMILES string of the molecule is COC(=O)CC1CCCCN1CCCCCN. The molecule has 0 saturated carbocycles. The van der Waals surface area contributed by atoms with E-state index in [9.17, 15) is 4.79 Å². The van der Waals surface area contributed by atoms with Crippen molar-refractivity contribution in [3.05, 3.63) is 0 Å². The summed E-state index contributed by atoms with van der Waals surface area (Å²) in [7, 11) is 1.47. The summed E-state index contributed by atoms with van der Waals surface area (Å²) in [5.74, 6) is -0.0798. The van der Waals surface area contributed by atoms with Crippen molar-refractivity contribution in [1.82, 2.24) is 4.90 Å². The van der Waals surface area contributed by atoms with E-state index in [1.807, 2.05) is 0 Å². The summed E-state index contributed by atoms with van der Waals surface area (Å²) in [5.41, 5.74) is 5.48. The van der Waals surface area contributed by atoms with Gasteiger partial charge in [0.2, 0.25) is 0 Å². The first kappa shape index (κ1) is 14.5. The first-order valence-corrected chi connectivity index (χ1v) is 6.79. The first-order chi connectivity index (χ1) is 8.27. The number of rotatable bonds is 7. The van der Waals surface area contributed by atoms with Crippen molar-refractivity contribution in [2.24, 2.45) is 5.73 Å². The third-order valence-electron chi connectivity index (χ3n) is 3.53. The maximum absolute atomic E-state index is 11.3. The number of piperidine rings is 1. The third-order valence-corrected chi connectivity index (χ3v) is 3.53. The Bertz CT molecular complexity index is 221. The van der Waals surface area contributed by atoms with Crippen LogP contribution in [0.25, 0.3) is 0 Å². The Hall–Kier alpha value is -0.610. The van der Waals surface area contributed by atoms with E-state index < -0.39 is 0 Å². The van der Waals surface area contributed by atoms with E-state index in [0.717, 1.165) is 32.5 Å². The van der Waals surface area contributed by atoms with Crippen molar-refractivity contribution < 1.29 is 9.53 Å². The number of carbonyl (C=O) groups is 1. The van der Waals surface area contributed by atoms with Gasteiger partial charge in [-0.1, -0.05) is 12.8 Å². The molecule has 1 atom stereocenters. The second kappa shape index (κ2) is 8.48. The van der Waals surface area contributed by atoms with E-state index >= 15 is 0 Å². The lowest BCUT2D eigenvalue weighted by Crippen LogP contribution is -2.41. The second-order valence-electron chi connectivity index (χ2n) is 4.82. The molecule has 0 radical (unpaired) electrons. The quantitative estimate of drug-likeness (QED) is 0.543. The van der Waals surface area contributed by atoms with Crippen LogP contribution in [0.5, 0.6) is 0 Å². The fourth-order valence-electron chi connectivity index (χ4n) is 2.50. The van der Waals surface area contributed by atoms with E-state index in [-0.39, 0.29) is 5.97 Å². The van der Waals surface area contributed by atoms with Gasteiger partial charge in [-0.2, -0.15) is 0 Å². The van der Waals surface area contributed by atoms with Crippen LogP contribution >= 0.6 is 0 Å². The van der Waals surface area contributed by atoms with Gasteiger partial charge in [0.1, 0.15) is 0 Å². The molecule has 1 fully saturated rings. The molecule has 0 aromatic carbocycles. The molecule has 17 heavy (non-hydrogen) atoms. The number of likely N-dealkylation sites (tertiary alicyclic amines) is 1. The lowest BCUT2D eigenvalue weighted by Gasteiger charge is -2.35. The highest BCUT2D eigenvalue weighted by Gasteiger charge is 2.24. The summed E-state index contributed by atoms with van der Waals surface area (Å²) in [5, 5.41) is 0. The van der Waals surface area contributed by atoms with E-state index in [4.69, 9.17) is 10.5 Å². The zero-order valence-electron chi connectivity index (χ0n) is 11.0. The van der Waals surface area contributed by atoms with Gasteiger partial charge in [0, 0.05) is 6.04 Å². The van der Waals surface area contributed by atoms with Gasteiger partial charge in [-0.15, -0.1) is 0 Å². The highest BCUT2D eigenvalue weighted by atomic mass is 16.5. The third kappa shape index (κ3) is 5.50. The van der Waals surface area contributed by atoms with Crippen molar-refractivity contribution in [2.75, 3.05) is 26.7 Å². The predicted molar refractivity (Wildman–Crippen MR) is 68.8 cm³/mol. The molecule has 0 aliphatic carbocycles. The van der Waals surface area contributed by atoms with Crippen LogP contribution in [0.4, 0.5) is 0 Å². The molecule has 0 spiro atoms. The molecule has 1 aliphatic heterocycles. The smallest absolute Gasteiger partial charge is 0.307 e. The van der Waals surface area contributed by atoms with E-state index in [1.54, 1.807) is 0 Å². The molecule has 1 saturated heterocycles. The van der Waals surface area contributed by atoms with Crippen molar-refractivity contribution in [2.45, 2.75) is 51.0 Å². The Morgan fingerprint density at radius 3 is 2.88 bits per heavy atom. The summed E-state index contributed by atoms with van der Waals surface area (Å²) < 4.78 is 4.76. The standard InChI is InChI=1S/C13H26N2O2/c1-17-13(16)11-12-7-3-6-10-15(12)9-5-2-4-8-14/h12H,2-11,14H2,1H3. The average molecular weight is 242 g/mol. The Balaban J connectivity index is 2.29. The summed E-state index contributed by atoms with van der Waals surface area (Å²) >= 11 is 0. The summed E-state index contributed by atoms with van der Waals surface area (Å²) in [6.07, 6.45) is 7.66. The molecular formula is C13H26N2O2. The van der Waals surface area contributed by atoms with Crippen LogP contribution in [0.15, 0.2) is 0 Å². The first-order valence-electron chi connectivity index (χ1n) is 6.79. The number of carbonyl (C=O) groups excluding carboxylic acids is 1. The highest BCUT2D eigenvalue weighted by molar-refractivity contribution is 5.69. The number of unbranched alkanes of at least 4 members (excludes halogenated alkanes) is 2. The topological polar surface area (TPSA) is 55.6 Å². The summed E-state index contributed by atoms with van der Waals surface area (Å²) in [6.45, 7) is 3.01. The molecule has 4 nitrogen and oxygen atoms in total. The van der Waals surface area contributed by atoms with Crippen LogP contribution in [0.3, 0.4) is 0 Å². The molecule has 1 rings (SSSR count). The number of nitrogens with two attached hydrogens (primary N) is 1. The zero-order valence-corrected chi connectivity index (χ0v) is 11.0. The Kier molecular flexibility index (Phi) is 7.21. The lowest BCUT2D eigenvalue weighted by molar-refractivity contribution is -0.142. The number of hydrogen-bond donors (Lipinski definition) is 1. The van der Waals surface area contributed by atoms with E-state index in [2.05, 4.69) is 4.90 Å². The molecule has 0 bridgehead atoms. The minimum absolute atomic E-state index is 0.0798. The Morgan fingerprint density at radius 1 is 1.35 bits per heavy atom. The average Bonchev–Trinajstić information content (AvgIpc) is 2.36. The molecule has 0 aromatic rings. The van der Waals surface area contributed by atoms with Crippen LogP contribution in [-0.4, -0.2) is 43.7 Å². The molecule has 4 heteroatoms. The monoisotopic (exact) mass is 242 g/mol. The molecule has 1 heterocycles. The largest absolute Gasteiger partial charge is 0.469 e. The predicted octanol–water partition coefficient (Wildman–Crippen LogP) is 1.53. The molecular weight excluding hydrogens is 216 g/mol. The van der Waals surface area contributed by atoms with Crippen molar-refractivity contribution >= 4 is 5.97 Å². The van der Waals surface area contributed by atoms with Gasteiger partial charge in [-0.3, -0.25) is 9.69 Å². The molecule has 0 aromatic heterocycles. The zero-order chi connectivity index (χ0) is 12.5. The number of nitrogens with zero attached hydrogens (tertiary/aromatic N) is 1. The van der Waals surface area contributed by atoms with Crippen molar-refractivity contribution in [1.29, 1.82) is 0 Å². The van der Waals surface area contributed by atoms with Gasteiger partial charge in [0.25, 0.3) is 0 Å². The van der Waals surface area contributed by atoms with E-state index in [1.165, 1.54) is 32.8 Å². The normalized spacial score (nSPS) is 21.4. The maximum atomic E-state index is 11.3. The lowest BCUT2D eigenvalue weighted by atomic mass is 9.99. The van der Waals surface area contributed by atoms with Gasteiger partial charge in [-0.25, -0.2) is 0 Å². The minimum atomic E-state index is -0.0798. The second-order valence-corrected chi connectivity index (χ2v) is 4.82. The van der Waals surface area contributed by atoms with Crippen LogP contribution in [0.1, 0.15) is 44.9 Å². The number of methoxy groups -OCH3 is 1. The fraction of sp³-hybridized carbons (Fsp3) is 0.923.